The van der Waals surface area contributed by atoms with Crippen LogP contribution in [0.25, 0.3) is 0 Å². The molecule has 0 aromatic carbocycles. The Labute approximate surface area is 199 Å². The van der Waals surface area contributed by atoms with Crippen molar-refractivity contribution in [2.24, 2.45) is 28.1 Å². The summed E-state index contributed by atoms with van der Waals surface area (Å²) in [7, 11) is 0. The minimum absolute atomic E-state index is 0.0428. The summed E-state index contributed by atoms with van der Waals surface area (Å²) in [4.78, 5) is 52.8. The summed E-state index contributed by atoms with van der Waals surface area (Å²) < 4.78 is 0. The maximum Gasteiger partial charge on any atom is 0.326 e. The summed E-state index contributed by atoms with van der Waals surface area (Å²) in [5.74, 6) is -2.22. The standard InChI is InChI=1S/C20H39N7O5S/c1-11(2)10-15(27-17(29)13(21)6-5-8-24-20(22)23)18(30)25-12(3)16(28)26-14(19(31)32)7-9-33-4/h11-15H,5-10,21H2,1-4H3,(H,25,30)(H,26,28)(H,27,29)(H,31,32)(H4,22,23,24). The highest BCUT2D eigenvalue weighted by Crippen LogP contribution is 2.07. The third-order valence-electron chi connectivity index (χ3n) is 4.62. The molecule has 0 fully saturated rings. The fraction of sp³-hybridized carbons (Fsp3) is 0.750. The summed E-state index contributed by atoms with van der Waals surface area (Å²) in [5.41, 5.74) is 16.4. The van der Waals surface area contributed by atoms with Crippen molar-refractivity contribution >= 4 is 41.4 Å². The second-order valence-electron chi connectivity index (χ2n) is 8.16. The molecule has 190 valence electrons. The van der Waals surface area contributed by atoms with Crippen LogP contribution in [0.4, 0.5) is 0 Å². The first-order valence-electron chi connectivity index (χ1n) is 10.8. The molecule has 0 radical (unpaired) electrons. The molecule has 4 unspecified atom stereocenters. The van der Waals surface area contributed by atoms with E-state index in [2.05, 4.69) is 20.9 Å². The van der Waals surface area contributed by atoms with Crippen molar-refractivity contribution in [3.8, 4) is 0 Å². The van der Waals surface area contributed by atoms with Gasteiger partial charge in [0.15, 0.2) is 5.96 Å². The molecule has 3 amide bonds. The van der Waals surface area contributed by atoms with Gasteiger partial charge in [0.2, 0.25) is 17.7 Å². The average molecular weight is 490 g/mol. The molecule has 0 aliphatic rings. The van der Waals surface area contributed by atoms with Crippen LogP contribution in [0.5, 0.6) is 0 Å². The number of rotatable bonds is 16. The molecule has 0 bridgehead atoms. The molecule has 0 saturated carbocycles. The summed E-state index contributed by atoms with van der Waals surface area (Å²) in [5, 5.41) is 16.9. The Bertz CT molecular complexity index is 686. The maximum absolute atomic E-state index is 12.8. The highest BCUT2D eigenvalue weighted by molar-refractivity contribution is 7.98. The van der Waals surface area contributed by atoms with Crippen LogP contribution in [0.15, 0.2) is 4.99 Å². The predicted molar refractivity (Wildman–Crippen MR) is 129 cm³/mol. The highest BCUT2D eigenvalue weighted by Gasteiger charge is 2.28. The fourth-order valence-corrected chi connectivity index (χ4v) is 3.27. The van der Waals surface area contributed by atoms with Gasteiger partial charge in [-0.3, -0.25) is 19.4 Å². The molecule has 0 rings (SSSR count). The fourth-order valence-electron chi connectivity index (χ4n) is 2.80. The number of nitrogens with zero attached hydrogens (tertiary/aromatic N) is 1. The van der Waals surface area contributed by atoms with Crippen LogP contribution >= 0.6 is 11.8 Å². The van der Waals surface area contributed by atoms with Gasteiger partial charge in [-0.1, -0.05) is 13.8 Å². The second-order valence-corrected chi connectivity index (χ2v) is 9.14. The quantitative estimate of drug-likeness (QED) is 0.0779. The SMILES string of the molecule is CSCCC(NC(=O)C(C)NC(=O)C(CC(C)C)NC(=O)C(N)CCCN=C(N)N)C(=O)O. The van der Waals surface area contributed by atoms with Crippen LogP contribution in [0.1, 0.15) is 46.5 Å². The molecule has 13 heteroatoms. The number of nitrogens with two attached hydrogens (primary N) is 3. The Morgan fingerprint density at radius 1 is 0.939 bits per heavy atom. The average Bonchev–Trinajstić information content (AvgIpc) is 2.72. The maximum atomic E-state index is 12.8. The first-order valence-corrected chi connectivity index (χ1v) is 12.2. The van der Waals surface area contributed by atoms with Gasteiger partial charge in [-0.15, -0.1) is 0 Å². The van der Waals surface area contributed by atoms with E-state index in [1.54, 1.807) is 0 Å². The summed E-state index contributed by atoms with van der Waals surface area (Å²) in [6.07, 6.45) is 3.24. The summed E-state index contributed by atoms with van der Waals surface area (Å²) in [6.45, 7) is 5.56. The van der Waals surface area contributed by atoms with E-state index in [1.165, 1.54) is 18.7 Å². The zero-order valence-electron chi connectivity index (χ0n) is 19.8. The van der Waals surface area contributed by atoms with Gasteiger partial charge in [0.25, 0.3) is 0 Å². The molecule has 0 aromatic rings. The molecule has 0 heterocycles. The van der Waals surface area contributed by atoms with Crippen LogP contribution < -0.4 is 33.2 Å². The van der Waals surface area contributed by atoms with Crippen molar-refractivity contribution < 1.29 is 24.3 Å². The molecule has 0 aliphatic carbocycles. The smallest absolute Gasteiger partial charge is 0.326 e. The Kier molecular flexibility index (Phi) is 14.9. The molecule has 0 saturated heterocycles. The molecule has 33 heavy (non-hydrogen) atoms. The Morgan fingerprint density at radius 3 is 2.06 bits per heavy atom. The number of carbonyl (C=O) groups excluding carboxylic acids is 3. The van der Waals surface area contributed by atoms with Gasteiger partial charge in [-0.05, 0) is 50.5 Å². The molecule has 10 N–H and O–H groups in total. The first kappa shape index (κ1) is 30.5. The van der Waals surface area contributed by atoms with E-state index < -0.39 is 47.9 Å². The van der Waals surface area contributed by atoms with Crippen LogP contribution in [0.2, 0.25) is 0 Å². The first-order chi connectivity index (χ1) is 15.4. The second kappa shape index (κ2) is 16.1. The monoisotopic (exact) mass is 489 g/mol. The number of thioether (sulfide) groups is 1. The molecule has 0 spiro atoms. The molecule has 0 aromatic heterocycles. The molecule has 4 atom stereocenters. The van der Waals surface area contributed by atoms with Crippen molar-refractivity contribution in [1.29, 1.82) is 0 Å². The van der Waals surface area contributed by atoms with Gasteiger partial charge in [-0.2, -0.15) is 11.8 Å². The van der Waals surface area contributed by atoms with Crippen LogP contribution in [0.3, 0.4) is 0 Å². The van der Waals surface area contributed by atoms with Crippen molar-refractivity contribution in [3.05, 3.63) is 0 Å². The van der Waals surface area contributed by atoms with Crippen LogP contribution in [-0.2, 0) is 19.2 Å². The lowest BCUT2D eigenvalue weighted by atomic mass is 10.0. The third kappa shape index (κ3) is 13.6. The lowest BCUT2D eigenvalue weighted by Gasteiger charge is -2.24. The minimum Gasteiger partial charge on any atom is -0.480 e. The number of carboxylic acids is 1. The highest BCUT2D eigenvalue weighted by atomic mass is 32.2. The van der Waals surface area contributed by atoms with E-state index in [4.69, 9.17) is 17.2 Å². The van der Waals surface area contributed by atoms with Crippen molar-refractivity contribution in [1.82, 2.24) is 16.0 Å². The van der Waals surface area contributed by atoms with E-state index in [9.17, 15) is 24.3 Å². The van der Waals surface area contributed by atoms with Crippen molar-refractivity contribution in [2.45, 2.75) is 70.6 Å². The van der Waals surface area contributed by atoms with E-state index in [0.717, 1.165) is 0 Å². The Hall–Kier alpha value is -2.54. The topological polar surface area (TPSA) is 215 Å². The third-order valence-corrected chi connectivity index (χ3v) is 5.27. The van der Waals surface area contributed by atoms with Gasteiger partial charge in [-0.25, -0.2) is 4.79 Å². The zero-order valence-corrected chi connectivity index (χ0v) is 20.6. The van der Waals surface area contributed by atoms with E-state index in [0.29, 0.717) is 31.6 Å². The minimum atomic E-state index is -1.14. The Balaban J connectivity index is 4.96. The van der Waals surface area contributed by atoms with Gasteiger partial charge < -0.3 is 38.3 Å². The van der Waals surface area contributed by atoms with Crippen molar-refractivity contribution in [3.63, 3.8) is 0 Å². The van der Waals surface area contributed by atoms with E-state index >= 15 is 0 Å². The van der Waals surface area contributed by atoms with Crippen molar-refractivity contribution in [2.75, 3.05) is 18.6 Å². The Morgan fingerprint density at radius 2 is 1.55 bits per heavy atom. The van der Waals surface area contributed by atoms with Gasteiger partial charge in [0, 0.05) is 6.54 Å². The van der Waals surface area contributed by atoms with Crippen LogP contribution in [-0.4, -0.2) is 77.5 Å². The van der Waals surface area contributed by atoms with Gasteiger partial charge >= 0.3 is 5.97 Å². The number of nitrogens with one attached hydrogen (secondary N) is 3. The van der Waals surface area contributed by atoms with Gasteiger partial charge in [0.05, 0.1) is 6.04 Å². The number of carboxylic acid groups (broad SMARTS) is 1. The number of hydrogen-bond acceptors (Lipinski definition) is 7. The lowest BCUT2D eigenvalue weighted by Crippen LogP contribution is -2.56. The largest absolute Gasteiger partial charge is 0.480 e. The zero-order chi connectivity index (χ0) is 25.6. The number of carbonyl (C=O) groups is 4. The number of hydrogen-bond donors (Lipinski definition) is 7. The molecule has 0 aliphatic heterocycles. The normalized spacial score (nSPS) is 14.5. The van der Waals surface area contributed by atoms with E-state index in [1.807, 2.05) is 20.1 Å². The number of guanidine groups is 1. The number of amides is 3. The van der Waals surface area contributed by atoms with Gasteiger partial charge in [0.1, 0.15) is 18.1 Å². The predicted octanol–water partition coefficient (Wildman–Crippen LogP) is -1.27. The molecular formula is C20H39N7O5S. The van der Waals surface area contributed by atoms with E-state index in [-0.39, 0.29) is 18.3 Å². The number of aliphatic imine (C=N–C) groups is 1. The number of aliphatic carboxylic acids is 1. The molecule has 12 nitrogen and oxygen atoms in total. The summed E-state index contributed by atoms with van der Waals surface area (Å²) >= 11 is 1.47. The summed E-state index contributed by atoms with van der Waals surface area (Å²) in [6, 6.07) is -3.79. The lowest BCUT2D eigenvalue weighted by molar-refractivity contribution is -0.142. The molecular weight excluding hydrogens is 450 g/mol. The van der Waals surface area contributed by atoms with Crippen LogP contribution in [0, 0.1) is 5.92 Å².